The van der Waals surface area contributed by atoms with Crippen molar-refractivity contribution >= 4 is 18.3 Å². The Morgan fingerprint density at radius 2 is 1.94 bits per heavy atom. The van der Waals surface area contributed by atoms with E-state index in [0.717, 1.165) is 12.5 Å². The first-order valence-corrected chi connectivity index (χ1v) is 6.55. The van der Waals surface area contributed by atoms with Crippen LogP contribution >= 0.6 is 12.4 Å². The highest BCUT2D eigenvalue weighted by atomic mass is 35.5. The molecule has 3 atom stereocenters. The number of amides is 1. The SMILES string of the molecule is CC1CCCCC1CNC(=O)[C@@H](N)C(C)C.Cl. The van der Waals surface area contributed by atoms with E-state index in [1.807, 2.05) is 13.8 Å². The van der Waals surface area contributed by atoms with E-state index in [9.17, 15) is 4.79 Å². The van der Waals surface area contributed by atoms with E-state index in [4.69, 9.17) is 5.73 Å². The van der Waals surface area contributed by atoms with Crippen molar-refractivity contribution in [3.63, 3.8) is 0 Å². The second-order valence-corrected chi connectivity index (χ2v) is 5.54. The first-order chi connectivity index (χ1) is 7.52. The van der Waals surface area contributed by atoms with Crippen LogP contribution in [0.3, 0.4) is 0 Å². The second kappa shape index (κ2) is 7.93. The van der Waals surface area contributed by atoms with Gasteiger partial charge < -0.3 is 11.1 Å². The Morgan fingerprint density at radius 1 is 1.35 bits per heavy atom. The summed E-state index contributed by atoms with van der Waals surface area (Å²) in [6.45, 7) is 7.06. The third-order valence-electron chi connectivity index (χ3n) is 3.85. The van der Waals surface area contributed by atoms with Crippen LogP contribution < -0.4 is 11.1 Å². The average Bonchev–Trinajstić information content (AvgIpc) is 2.26. The van der Waals surface area contributed by atoms with Crippen LogP contribution in [0.25, 0.3) is 0 Å². The van der Waals surface area contributed by atoms with Gasteiger partial charge in [0.1, 0.15) is 0 Å². The molecule has 1 amide bonds. The monoisotopic (exact) mass is 262 g/mol. The number of hydrogen-bond acceptors (Lipinski definition) is 2. The molecular weight excluding hydrogens is 236 g/mol. The Bertz CT molecular complexity index is 233. The van der Waals surface area contributed by atoms with Crippen LogP contribution in [-0.2, 0) is 4.79 Å². The lowest BCUT2D eigenvalue weighted by Crippen LogP contribution is -2.46. The van der Waals surface area contributed by atoms with Crippen molar-refractivity contribution in [2.45, 2.75) is 52.5 Å². The molecule has 1 aliphatic carbocycles. The van der Waals surface area contributed by atoms with Gasteiger partial charge in [0.2, 0.25) is 5.91 Å². The Kier molecular flexibility index (Phi) is 7.80. The van der Waals surface area contributed by atoms with Gasteiger partial charge in [-0.3, -0.25) is 4.79 Å². The van der Waals surface area contributed by atoms with Crippen LogP contribution in [0.1, 0.15) is 46.5 Å². The molecule has 1 aliphatic rings. The fourth-order valence-corrected chi connectivity index (χ4v) is 2.35. The summed E-state index contributed by atoms with van der Waals surface area (Å²) >= 11 is 0. The molecule has 0 aromatic rings. The normalized spacial score (nSPS) is 26.2. The van der Waals surface area contributed by atoms with Crippen LogP contribution in [0.4, 0.5) is 0 Å². The molecule has 3 N–H and O–H groups in total. The fourth-order valence-electron chi connectivity index (χ4n) is 2.35. The van der Waals surface area contributed by atoms with Crippen molar-refractivity contribution in [1.29, 1.82) is 0 Å². The highest BCUT2D eigenvalue weighted by molar-refractivity contribution is 5.85. The molecule has 17 heavy (non-hydrogen) atoms. The summed E-state index contributed by atoms with van der Waals surface area (Å²) in [5.41, 5.74) is 5.80. The van der Waals surface area contributed by atoms with Gasteiger partial charge in [-0.15, -0.1) is 12.4 Å². The molecule has 1 fully saturated rings. The highest BCUT2D eigenvalue weighted by Gasteiger charge is 2.23. The number of carbonyl (C=O) groups excluding carboxylic acids is 1. The second-order valence-electron chi connectivity index (χ2n) is 5.54. The first kappa shape index (κ1) is 16.7. The molecular formula is C13H27ClN2O. The first-order valence-electron chi connectivity index (χ1n) is 6.55. The van der Waals surface area contributed by atoms with Gasteiger partial charge in [-0.1, -0.05) is 40.0 Å². The summed E-state index contributed by atoms with van der Waals surface area (Å²) in [7, 11) is 0. The molecule has 0 saturated heterocycles. The van der Waals surface area contributed by atoms with Crippen LogP contribution in [0.15, 0.2) is 0 Å². The van der Waals surface area contributed by atoms with Crippen molar-refractivity contribution < 1.29 is 4.79 Å². The van der Waals surface area contributed by atoms with Crippen LogP contribution in [0.5, 0.6) is 0 Å². The van der Waals surface area contributed by atoms with E-state index in [0.29, 0.717) is 5.92 Å². The third-order valence-corrected chi connectivity index (χ3v) is 3.85. The van der Waals surface area contributed by atoms with Gasteiger partial charge in [0.25, 0.3) is 0 Å². The molecule has 3 nitrogen and oxygen atoms in total. The summed E-state index contributed by atoms with van der Waals surface area (Å²) in [4.78, 5) is 11.7. The van der Waals surface area contributed by atoms with Crippen molar-refractivity contribution in [2.24, 2.45) is 23.5 Å². The molecule has 2 unspecified atom stereocenters. The maximum Gasteiger partial charge on any atom is 0.237 e. The Hall–Kier alpha value is -0.280. The van der Waals surface area contributed by atoms with Gasteiger partial charge in [-0.05, 0) is 24.2 Å². The largest absolute Gasteiger partial charge is 0.354 e. The maximum absolute atomic E-state index is 11.7. The smallest absolute Gasteiger partial charge is 0.237 e. The Balaban J connectivity index is 0.00000256. The lowest BCUT2D eigenvalue weighted by molar-refractivity contribution is -0.123. The molecule has 0 radical (unpaired) electrons. The minimum absolute atomic E-state index is 0. The molecule has 0 aliphatic heterocycles. The number of hydrogen-bond donors (Lipinski definition) is 2. The van der Waals surface area contributed by atoms with Crippen molar-refractivity contribution in [3.05, 3.63) is 0 Å². The number of nitrogens with one attached hydrogen (secondary N) is 1. The van der Waals surface area contributed by atoms with E-state index >= 15 is 0 Å². The van der Waals surface area contributed by atoms with Crippen LogP contribution in [0, 0.1) is 17.8 Å². The van der Waals surface area contributed by atoms with E-state index in [1.54, 1.807) is 0 Å². The summed E-state index contributed by atoms with van der Waals surface area (Å²) in [6.07, 6.45) is 5.20. The van der Waals surface area contributed by atoms with Crippen LogP contribution in [-0.4, -0.2) is 18.5 Å². The zero-order chi connectivity index (χ0) is 12.1. The van der Waals surface area contributed by atoms with E-state index in [1.165, 1.54) is 25.7 Å². The molecule has 0 spiro atoms. The van der Waals surface area contributed by atoms with E-state index in [2.05, 4.69) is 12.2 Å². The zero-order valence-electron chi connectivity index (χ0n) is 11.2. The molecule has 0 aromatic carbocycles. The summed E-state index contributed by atoms with van der Waals surface area (Å²) in [6, 6.07) is -0.362. The van der Waals surface area contributed by atoms with Gasteiger partial charge in [0.15, 0.2) is 0 Å². The number of halogens is 1. The zero-order valence-corrected chi connectivity index (χ0v) is 12.1. The summed E-state index contributed by atoms with van der Waals surface area (Å²) in [5.74, 6) is 1.61. The number of nitrogens with two attached hydrogens (primary N) is 1. The van der Waals surface area contributed by atoms with Crippen molar-refractivity contribution in [1.82, 2.24) is 5.32 Å². The lowest BCUT2D eigenvalue weighted by atomic mass is 9.80. The summed E-state index contributed by atoms with van der Waals surface area (Å²) in [5, 5.41) is 3.00. The van der Waals surface area contributed by atoms with Crippen molar-refractivity contribution in [3.8, 4) is 0 Å². The molecule has 102 valence electrons. The molecule has 4 heteroatoms. The molecule has 1 rings (SSSR count). The van der Waals surface area contributed by atoms with Gasteiger partial charge in [-0.25, -0.2) is 0 Å². The van der Waals surface area contributed by atoms with Crippen molar-refractivity contribution in [2.75, 3.05) is 6.54 Å². The number of rotatable bonds is 4. The van der Waals surface area contributed by atoms with E-state index in [-0.39, 0.29) is 30.3 Å². The third kappa shape index (κ3) is 5.26. The van der Waals surface area contributed by atoms with Crippen LogP contribution in [0.2, 0.25) is 0 Å². The quantitative estimate of drug-likeness (QED) is 0.817. The predicted octanol–water partition coefficient (Wildman–Crippen LogP) is 2.33. The topological polar surface area (TPSA) is 55.1 Å². The molecule has 0 heterocycles. The molecule has 0 aromatic heterocycles. The highest BCUT2D eigenvalue weighted by Crippen LogP contribution is 2.28. The van der Waals surface area contributed by atoms with E-state index < -0.39 is 0 Å². The number of carbonyl (C=O) groups is 1. The Morgan fingerprint density at radius 3 is 2.47 bits per heavy atom. The fraction of sp³-hybridized carbons (Fsp3) is 0.923. The minimum atomic E-state index is -0.362. The Labute approximate surface area is 111 Å². The summed E-state index contributed by atoms with van der Waals surface area (Å²) < 4.78 is 0. The van der Waals surface area contributed by atoms with Gasteiger partial charge in [0, 0.05) is 6.54 Å². The lowest BCUT2D eigenvalue weighted by Gasteiger charge is -2.29. The van der Waals surface area contributed by atoms with Gasteiger partial charge >= 0.3 is 0 Å². The predicted molar refractivity (Wildman–Crippen MR) is 74.2 cm³/mol. The standard InChI is InChI=1S/C13H26N2O.ClH/c1-9(2)12(14)13(16)15-8-11-7-5-4-6-10(11)3;/h9-12H,4-8,14H2,1-3H3,(H,15,16);1H/t10?,11?,12-;/m0./s1. The minimum Gasteiger partial charge on any atom is -0.354 e. The average molecular weight is 263 g/mol. The maximum atomic E-state index is 11.7. The van der Waals surface area contributed by atoms with Gasteiger partial charge in [-0.2, -0.15) is 0 Å². The molecule has 0 bridgehead atoms. The van der Waals surface area contributed by atoms with Gasteiger partial charge in [0.05, 0.1) is 6.04 Å². The molecule has 1 saturated carbocycles.